The molecule has 2 heterocycles. The van der Waals surface area contributed by atoms with Gasteiger partial charge in [0.15, 0.2) is 0 Å². The lowest BCUT2D eigenvalue weighted by atomic mass is 9.91. The minimum atomic E-state index is -3.86. The summed E-state index contributed by atoms with van der Waals surface area (Å²) in [5.41, 5.74) is 8.45. The Morgan fingerprint density at radius 1 is 0.952 bits per heavy atom. The van der Waals surface area contributed by atoms with E-state index in [1.165, 1.54) is 10.2 Å². The van der Waals surface area contributed by atoms with Crippen LogP contribution in [0.5, 0.6) is 0 Å². The second kappa shape index (κ2) is 11.5. The number of hydrogen-bond acceptors (Lipinski definition) is 7. The molecule has 0 aliphatic heterocycles. The molecular weight excluding hydrogens is 572 g/mol. The number of amides is 1. The van der Waals surface area contributed by atoms with E-state index in [1.807, 2.05) is 12.1 Å². The number of fused-ring (bicyclic) bond motifs is 1. The van der Waals surface area contributed by atoms with E-state index in [-0.39, 0.29) is 22.9 Å². The molecule has 9 nitrogen and oxygen atoms in total. The number of nitrogen functional groups attached to an aromatic ring is 1. The molecule has 42 heavy (non-hydrogen) atoms. The number of benzene rings is 3. The summed E-state index contributed by atoms with van der Waals surface area (Å²) in [5.74, 6) is 0.250. The first-order valence-electron chi connectivity index (χ1n) is 13.7. The second-order valence-corrected chi connectivity index (χ2v) is 12.6. The lowest BCUT2D eigenvalue weighted by Gasteiger charge is -2.30. The van der Waals surface area contributed by atoms with E-state index in [2.05, 4.69) is 15.6 Å². The van der Waals surface area contributed by atoms with Crippen LogP contribution in [-0.4, -0.2) is 40.3 Å². The third-order valence-corrected chi connectivity index (χ3v) is 9.46. The smallest absolute Gasteiger partial charge is 0.268 e. The molecule has 1 amide bonds. The quantitative estimate of drug-likeness (QED) is 0.203. The van der Waals surface area contributed by atoms with E-state index < -0.39 is 10.0 Å². The van der Waals surface area contributed by atoms with Crippen molar-refractivity contribution < 1.29 is 13.2 Å². The molecule has 0 saturated heterocycles. The largest absolute Gasteiger partial charge is 0.399 e. The molecule has 0 radical (unpaired) electrons. The molecule has 1 fully saturated rings. The number of halogens is 1. The Morgan fingerprint density at radius 3 is 2.45 bits per heavy atom. The van der Waals surface area contributed by atoms with Crippen molar-refractivity contribution in [3.63, 3.8) is 0 Å². The monoisotopic (exact) mass is 600 g/mol. The highest BCUT2D eigenvalue weighted by atomic mass is 35.5. The topological polar surface area (TPSA) is 132 Å². The number of para-hydroxylation sites is 1. The Morgan fingerprint density at radius 2 is 1.67 bits per heavy atom. The van der Waals surface area contributed by atoms with Gasteiger partial charge in [-0.05, 0) is 68.1 Å². The fourth-order valence-corrected chi connectivity index (χ4v) is 6.99. The maximum absolute atomic E-state index is 13.6. The summed E-state index contributed by atoms with van der Waals surface area (Å²) in [5, 5.41) is 7.54. The van der Waals surface area contributed by atoms with Crippen LogP contribution in [0, 0.1) is 0 Å². The van der Waals surface area contributed by atoms with Crippen LogP contribution in [0.25, 0.3) is 22.2 Å². The Bertz CT molecular complexity index is 1860. The van der Waals surface area contributed by atoms with Gasteiger partial charge in [-0.2, -0.15) is 0 Å². The fourth-order valence-electron chi connectivity index (χ4n) is 5.41. The van der Waals surface area contributed by atoms with Gasteiger partial charge in [0.1, 0.15) is 0 Å². The molecule has 214 valence electrons. The summed E-state index contributed by atoms with van der Waals surface area (Å²) in [4.78, 5) is 22.1. The van der Waals surface area contributed by atoms with E-state index >= 15 is 0 Å². The predicted octanol–water partition coefficient (Wildman–Crippen LogP) is 5.72. The maximum atomic E-state index is 13.6. The standard InChI is InChI=1S/C31H29ClN6O3S/c32-27-18-34-31(36-23-8-6-7-22(17-23)35-30(39)20-13-15-21(33)16-14-20)37-29(27)26-19-38(28-12-5-4-11-25(26)28)42(40,41)24-9-2-1-3-10-24/h1-5,9-16,18-19,22-23H,6-8,17,33H2,(H,35,39)(H,34,36,37). The van der Waals surface area contributed by atoms with Crippen LogP contribution in [0.2, 0.25) is 5.02 Å². The summed E-state index contributed by atoms with van der Waals surface area (Å²) < 4.78 is 28.4. The van der Waals surface area contributed by atoms with Crippen LogP contribution in [0.3, 0.4) is 0 Å². The first kappa shape index (κ1) is 27.7. The van der Waals surface area contributed by atoms with E-state index in [0.717, 1.165) is 19.3 Å². The number of hydrogen-bond donors (Lipinski definition) is 3. The van der Waals surface area contributed by atoms with Crippen molar-refractivity contribution in [2.24, 2.45) is 0 Å². The molecule has 4 N–H and O–H groups in total. The molecule has 3 aromatic carbocycles. The molecule has 11 heteroatoms. The van der Waals surface area contributed by atoms with Gasteiger partial charge < -0.3 is 16.4 Å². The predicted molar refractivity (Wildman–Crippen MR) is 165 cm³/mol. The van der Waals surface area contributed by atoms with Crippen molar-refractivity contribution in [3.8, 4) is 11.3 Å². The van der Waals surface area contributed by atoms with Crippen molar-refractivity contribution in [1.82, 2.24) is 19.3 Å². The van der Waals surface area contributed by atoms with Crippen LogP contribution in [0.4, 0.5) is 11.6 Å². The molecule has 1 saturated carbocycles. The summed E-state index contributed by atoms with van der Waals surface area (Å²) >= 11 is 6.60. The molecule has 2 atom stereocenters. The average Bonchev–Trinajstić information content (AvgIpc) is 3.39. The molecule has 0 bridgehead atoms. The average molecular weight is 601 g/mol. The van der Waals surface area contributed by atoms with Gasteiger partial charge in [0, 0.05) is 40.5 Å². The Labute approximate surface area is 248 Å². The van der Waals surface area contributed by atoms with Crippen molar-refractivity contribution in [3.05, 3.63) is 102 Å². The van der Waals surface area contributed by atoms with E-state index in [4.69, 9.17) is 22.3 Å². The molecule has 6 rings (SSSR count). The van der Waals surface area contributed by atoms with Crippen molar-refractivity contribution in [1.29, 1.82) is 0 Å². The van der Waals surface area contributed by atoms with Crippen LogP contribution in [0.1, 0.15) is 36.0 Å². The zero-order chi connectivity index (χ0) is 29.3. The van der Waals surface area contributed by atoms with E-state index in [9.17, 15) is 13.2 Å². The van der Waals surface area contributed by atoms with Crippen molar-refractivity contribution in [2.75, 3.05) is 11.1 Å². The number of rotatable bonds is 7. The van der Waals surface area contributed by atoms with Crippen molar-refractivity contribution in [2.45, 2.75) is 42.7 Å². The number of nitrogens with two attached hydrogens (primary N) is 1. The summed E-state index contributed by atoms with van der Waals surface area (Å²) in [6, 6.07) is 22.4. The first-order chi connectivity index (χ1) is 20.3. The Balaban J connectivity index is 1.25. The summed E-state index contributed by atoms with van der Waals surface area (Å²) in [6.45, 7) is 0. The van der Waals surface area contributed by atoms with Gasteiger partial charge in [0.25, 0.3) is 15.9 Å². The van der Waals surface area contributed by atoms with Crippen LogP contribution in [0.15, 0.2) is 96.2 Å². The number of nitrogens with one attached hydrogen (secondary N) is 2. The lowest BCUT2D eigenvalue weighted by Crippen LogP contribution is -2.42. The Kier molecular flexibility index (Phi) is 7.57. The van der Waals surface area contributed by atoms with Gasteiger partial charge >= 0.3 is 0 Å². The third kappa shape index (κ3) is 5.55. The van der Waals surface area contributed by atoms with Gasteiger partial charge in [0.05, 0.1) is 27.3 Å². The fraction of sp³-hybridized carbons (Fsp3) is 0.194. The lowest BCUT2D eigenvalue weighted by molar-refractivity contribution is 0.0926. The molecule has 2 unspecified atom stereocenters. The third-order valence-electron chi connectivity index (χ3n) is 7.49. The molecule has 1 aliphatic carbocycles. The molecule has 2 aromatic heterocycles. The summed E-state index contributed by atoms with van der Waals surface area (Å²) in [7, 11) is -3.86. The second-order valence-electron chi connectivity index (χ2n) is 10.4. The zero-order valence-corrected chi connectivity index (χ0v) is 24.1. The zero-order valence-electron chi connectivity index (χ0n) is 22.6. The SMILES string of the molecule is Nc1ccc(C(=O)NC2CCCC(Nc3ncc(Cl)c(-c4cn(S(=O)(=O)c5ccccc5)c5ccccc45)n3)C2)cc1. The van der Waals surface area contributed by atoms with Gasteiger partial charge in [-0.25, -0.2) is 22.4 Å². The summed E-state index contributed by atoms with van der Waals surface area (Å²) in [6.07, 6.45) is 6.49. The minimum Gasteiger partial charge on any atom is -0.399 e. The number of anilines is 2. The number of carbonyl (C=O) groups excluding carboxylic acids is 1. The normalized spacial score (nSPS) is 17.2. The highest BCUT2D eigenvalue weighted by Gasteiger charge is 2.26. The first-order valence-corrected chi connectivity index (χ1v) is 15.5. The maximum Gasteiger partial charge on any atom is 0.268 e. The van der Waals surface area contributed by atoms with Crippen LogP contribution in [-0.2, 0) is 10.0 Å². The molecule has 1 aliphatic rings. The van der Waals surface area contributed by atoms with Gasteiger partial charge in [0.2, 0.25) is 5.95 Å². The van der Waals surface area contributed by atoms with Gasteiger partial charge in [-0.3, -0.25) is 4.79 Å². The minimum absolute atomic E-state index is 0.00533. The molecule has 5 aromatic rings. The number of aromatic nitrogens is 3. The molecular formula is C31H29ClN6O3S. The van der Waals surface area contributed by atoms with Gasteiger partial charge in [-0.15, -0.1) is 0 Å². The van der Waals surface area contributed by atoms with E-state index in [0.29, 0.717) is 50.8 Å². The highest BCUT2D eigenvalue weighted by Crippen LogP contribution is 2.36. The van der Waals surface area contributed by atoms with Gasteiger partial charge in [-0.1, -0.05) is 48.0 Å². The molecule has 0 spiro atoms. The van der Waals surface area contributed by atoms with Crippen molar-refractivity contribution >= 4 is 50.1 Å². The highest BCUT2D eigenvalue weighted by molar-refractivity contribution is 7.90. The Hall–Kier alpha value is -4.41. The van der Waals surface area contributed by atoms with Crippen LogP contribution < -0.4 is 16.4 Å². The number of nitrogens with zero attached hydrogens (tertiary/aromatic N) is 3. The van der Waals surface area contributed by atoms with E-state index in [1.54, 1.807) is 72.9 Å². The van der Waals surface area contributed by atoms with Crippen LogP contribution >= 0.6 is 11.6 Å². The number of carbonyl (C=O) groups is 1.